The van der Waals surface area contributed by atoms with Gasteiger partial charge in [0.15, 0.2) is 0 Å². The van der Waals surface area contributed by atoms with Gasteiger partial charge < -0.3 is 9.64 Å². The van der Waals surface area contributed by atoms with E-state index in [0.717, 1.165) is 6.42 Å². The fourth-order valence-electron chi connectivity index (χ4n) is 1.62. The molecule has 19 heavy (non-hydrogen) atoms. The predicted octanol–water partition coefficient (Wildman–Crippen LogP) is 2.66. The van der Waals surface area contributed by atoms with E-state index in [9.17, 15) is 0 Å². The summed E-state index contributed by atoms with van der Waals surface area (Å²) in [5.41, 5.74) is 0. The number of anilines is 1. The summed E-state index contributed by atoms with van der Waals surface area (Å²) >= 11 is 7.60. The normalized spacial score (nSPS) is 12.2. The number of likely N-dealkylation sites (N-methyl/N-ethyl adjacent to an activating group) is 1. The van der Waals surface area contributed by atoms with Gasteiger partial charge in [-0.25, -0.2) is 0 Å². The fraction of sp³-hybridized carbons (Fsp3) is 0.417. The average Bonchev–Trinajstić information content (AvgIpc) is 2.89. The SMILES string of the molecule is COc1nc(Cl)nc(N(C)C(C)Cc2cccs2)n1. The van der Waals surface area contributed by atoms with Gasteiger partial charge in [0, 0.05) is 24.4 Å². The summed E-state index contributed by atoms with van der Waals surface area (Å²) in [6.45, 7) is 2.11. The van der Waals surface area contributed by atoms with Crippen molar-refractivity contribution in [1.82, 2.24) is 15.0 Å². The number of rotatable bonds is 5. The van der Waals surface area contributed by atoms with E-state index in [1.165, 1.54) is 12.0 Å². The molecule has 1 unspecified atom stereocenters. The zero-order chi connectivity index (χ0) is 13.8. The first-order valence-corrected chi connectivity index (χ1v) is 7.06. The van der Waals surface area contributed by atoms with Crippen molar-refractivity contribution in [2.45, 2.75) is 19.4 Å². The lowest BCUT2D eigenvalue weighted by Gasteiger charge is -2.24. The topological polar surface area (TPSA) is 51.1 Å². The van der Waals surface area contributed by atoms with E-state index in [2.05, 4.69) is 39.4 Å². The number of halogens is 1. The Morgan fingerprint density at radius 3 is 2.84 bits per heavy atom. The van der Waals surface area contributed by atoms with Gasteiger partial charge in [0.25, 0.3) is 0 Å². The van der Waals surface area contributed by atoms with E-state index in [1.807, 2.05) is 11.9 Å². The highest BCUT2D eigenvalue weighted by Crippen LogP contribution is 2.19. The number of nitrogens with zero attached hydrogens (tertiary/aromatic N) is 4. The molecule has 1 atom stereocenters. The molecular weight excluding hydrogens is 284 g/mol. The smallest absolute Gasteiger partial charge is 0.322 e. The highest BCUT2D eigenvalue weighted by Gasteiger charge is 2.16. The first kappa shape index (κ1) is 14.0. The minimum absolute atomic E-state index is 0.136. The maximum atomic E-state index is 5.85. The zero-order valence-electron chi connectivity index (χ0n) is 11.0. The van der Waals surface area contributed by atoms with Gasteiger partial charge in [-0.1, -0.05) is 6.07 Å². The third-order valence-corrected chi connectivity index (χ3v) is 3.88. The lowest BCUT2D eigenvalue weighted by atomic mass is 10.2. The Labute approximate surface area is 121 Å². The molecule has 0 aromatic carbocycles. The first-order valence-electron chi connectivity index (χ1n) is 5.81. The molecule has 2 heterocycles. The zero-order valence-corrected chi connectivity index (χ0v) is 12.6. The number of hydrogen-bond donors (Lipinski definition) is 0. The van der Waals surface area contributed by atoms with Crippen molar-refractivity contribution in [3.8, 4) is 6.01 Å². The van der Waals surface area contributed by atoms with E-state index in [1.54, 1.807) is 11.3 Å². The standard InChI is InChI=1S/C12H15ClN4OS/c1-8(7-9-5-4-6-19-9)17(2)11-14-10(13)15-12(16-11)18-3/h4-6,8H,7H2,1-3H3. The number of ether oxygens (including phenoxy) is 1. The van der Waals surface area contributed by atoms with Crippen LogP contribution in [0.3, 0.4) is 0 Å². The molecule has 2 aromatic heterocycles. The summed E-state index contributed by atoms with van der Waals surface area (Å²) < 4.78 is 5.00. The second kappa shape index (κ2) is 6.16. The predicted molar refractivity (Wildman–Crippen MR) is 77.3 cm³/mol. The summed E-state index contributed by atoms with van der Waals surface area (Å²) in [6, 6.07) is 4.65. The van der Waals surface area contributed by atoms with Crippen molar-refractivity contribution < 1.29 is 4.74 Å². The molecular formula is C12H15ClN4OS. The van der Waals surface area contributed by atoms with Crippen LogP contribution >= 0.6 is 22.9 Å². The highest BCUT2D eigenvalue weighted by molar-refractivity contribution is 7.09. The highest BCUT2D eigenvalue weighted by atomic mass is 35.5. The van der Waals surface area contributed by atoms with Crippen molar-refractivity contribution in [3.63, 3.8) is 0 Å². The van der Waals surface area contributed by atoms with E-state index in [-0.39, 0.29) is 17.3 Å². The van der Waals surface area contributed by atoms with Gasteiger partial charge in [0.2, 0.25) is 11.2 Å². The van der Waals surface area contributed by atoms with Crippen LogP contribution in [-0.2, 0) is 6.42 Å². The van der Waals surface area contributed by atoms with Crippen molar-refractivity contribution in [1.29, 1.82) is 0 Å². The van der Waals surface area contributed by atoms with E-state index < -0.39 is 0 Å². The molecule has 2 aromatic rings. The molecule has 2 rings (SSSR count). The monoisotopic (exact) mass is 298 g/mol. The third kappa shape index (κ3) is 3.54. The van der Waals surface area contributed by atoms with Gasteiger partial charge >= 0.3 is 6.01 Å². The Morgan fingerprint density at radius 2 is 2.21 bits per heavy atom. The van der Waals surface area contributed by atoms with E-state index >= 15 is 0 Å². The average molecular weight is 299 g/mol. The summed E-state index contributed by atoms with van der Waals surface area (Å²) in [5, 5.41) is 2.21. The second-order valence-electron chi connectivity index (χ2n) is 4.13. The molecule has 0 aliphatic rings. The quantitative estimate of drug-likeness (QED) is 0.849. The van der Waals surface area contributed by atoms with Gasteiger partial charge in [0.1, 0.15) is 0 Å². The molecule has 0 saturated heterocycles. The molecule has 5 nitrogen and oxygen atoms in total. The molecule has 0 saturated carbocycles. The summed E-state index contributed by atoms with van der Waals surface area (Å²) in [5.74, 6) is 0.515. The van der Waals surface area contributed by atoms with Crippen LogP contribution < -0.4 is 9.64 Å². The minimum Gasteiger partial charge on any atom is -0.467 e. The lowest BCUT2D eigenvalue weighted by molar-refractivity contribution is 0.377. The van der Waals surface area contributed by atoms with Crippen molar-refractivity contribution in [2.75, 3.05) is 19.1 Å². The van der Waals surface area contributed by atoms with Gasteiger partial charge in [-0.3, -0.25) is 0 Å². The molecule has 0 fully saturated rings. The molecule has 0 amide bonds. The van der Waals surface area contributed by atoms with Crippen LogP contribution in [0.5, 0.6) is 6.01 Å². The number of hydrogen-bond acceptors (Lipinski definition) is 6. The van der Waals surface area contributed by atoms with E-state index in [0.29, 0.717) is 5.95 Å². The van der Waals surface area contributed by atoms with Gasteiger partial charge in [-0.05, 0) is 30.0 Å². The molecule has 0 N–H and O–H groups in total. The Hall–Kier alpha value is -1.40. The van der Waals surface area contributed by atoms with Gasteiger partial charge in [0.05, 0.1) is 7.11 Å². The molecule has 7 heteroatoms. The first-order chi connectivity index (χ1) is 9.10. The molecule has 0 aliphatic heterocycles. The van der Waals surface area contributed by atoms with Crippen molar-refractivity contribution in [3.05, 3.63) is 27.7 Å². The van der Waals surface area contributed by atoms with Crippen LogP contribution in [0.1, 0.15) is 11.8 Å². The van der Waals surface area contributed by atoms with Gasteiger partial charge in [-0.15, -0.1) is 11.3 Å². The van der Waals surface area contributed by atoms with Crippen LogP contribution in [0.2, 0.25) is 5.28 Å². The van der Waals surface area contributed by atoms with Crippen molar-refractivity contribution >= 4 is 28.9 Å². The molecule has 0 spiro atoms. The Balaban J connectivity index is 2.14. The van der Waals surface area contributed by atoms with Crippen LogP contribution in [0.15, 0.2) is 17.5 Å². The molecule has 102 valence electrons. The Kier molecular flexibility index (Phi) is 4.55. The van der Waals surface area contributed by atoms with Crippen LogP contribution in [0.25, 0.3) is 0 Å². The summed E-state index contributed by atoms with van der Waals surface area (Å²) in [7, 11) is 3.44. The molecule has 0 radical (unpaired) electrons. The maximum Gasteiger partial charge on any atom is 0.322 e. The maximum absolute atomic E-state index is 5.85. The van der Waals surface area contributed by atoms with Crippen LogP contribution in [0, 0.1) is 0 Å². The van der Waals surface area contributed by atoms with Crippen molar-refractivity contribution in [2.24, 2.45) is 0 Å². The third-order valence-electron chi connectivity index (χ3n) is 2.81. The molecule has 0 aliphatic carbocycles. The minimum atomic E-state index is 0.136. The Morgan fingerprint density at radius 1 is 1.42 bits per heavy atom. The number of thiophene rings is 1. The fourth-order valence-corrected chi connectivity index (χ4v) is 2.60. The number of aromatic nitrogens is 3. The number of methoxy groups -OCH3 is 1. The lowest BCUT2D eigenvalue weighted by Crippen LogP contribution is -2.32. The largest absolute Gasteiger partial charge is 0.467 e. The van der Waals surface area contributed by atoms with Crippen LogP contribution in [-0.4, -0.2) is 35.2 Å². The van der Waals surface area contributed by atoms with Gasteiger partial charge in [-0.2, -0.15) is 15.0 Å². The van der Waals surface area contributed by atoms with Crippen LogP contribution in [0.4, 0.5) is 5.95 Å². The molecule has 0 bridgehead atoms. The summed E-state index contributed by atoms with van der Waals surface area (Å²) in [4.78, 5) is 15.5. The second-order valence-corrected chi connectivity index (χ2v) is 5.50. The summed E-state index contributed by atoms with van der Waals surface area (Å²) in [6.07, 6.45) is 0.930. The Bertz CT molecular complexity index is 535. The van der Waals surface area contributed by atoms with E-state index in [4.69, 9.17) is 16.3 Å².